The lowest BCUT2D eigenvalue weighted by Gasteiger charge is -2.06. The number of rotatable bonds is 4. The second-order valence-electron chi connectivity index (χ2n) is 4.08. The maximum Gasteiger partial charge on any atom is 0.142 e. The zero-order valence-electron chi connectivity index (χ0n) is 9.66. The molecule has 3 heteroatoms. The van der Waals surface area contributed by atoms with Gasteiger partial charge in [-0.3, -0.25) is 0 Å². The molecule has 1 radical (unpaired) electrons. The van der Waals surface area contributed by atoms with Crippen LogP contribution in [0.25, 0.3) is 0 Å². The van der Waals surface area contributed by atoms with Gasteiger partial charge in [0.1, 0.15) is 12.8 Å². The molecule has 1 aliphatic carbocycles. The van der Waals surface area contributed by atoms with Crippen LogP contribution in [0, 0.1) is 0 Å². The minimum Gasteiger partial charge on any atom is -0.390 e. The Balaban J connectivity index is 1.77. The fourth-order valence-corrected chi connectivity index (χ4v) is 1.84. The maximum atomic E-state index is 5.79. The minimum absolute atomic E-state index is 0.456. The van der Waals surface area contributed by atoms with E-state index in [0.29, 0.717) is 6.61 Å². The number of hydrogen-bond donors (Lipinski definition) is 0. The number of benzene rings is 1. The van der Waals surface area contributed by atoms with E-state index in [1.807, 2.05) is 24.3 Å². The molecule has 0 N–H and O–H groups in total. The Kier molecular flexibility index (Phi) is 4.63. The summed E-state index contributed by atoms with van der Waals surface area (Å²) in [5.41, 5.74) is 2.21. The Morgan fingerprint density at radius 3 is 2.76 bits per heavy atom. The summed E-state index contributed by atoms with van der Waals surface area (Å²) in [6.07, 6.45) is 9.82. The predicted octanol–water partition coefficient (Wildman–Crippen LogP) is 4.22. The lowest BCUT2D eigenvalue weighted by atomic mass is 10.0. The van der Waals surface area contributed by atoms with Crippen LogP contribution in [0.15, 0.2) is 41.1 Å². The Morgan fingerprint density at radius 1 is 1.24 bits per heavy atom. The zero-order chi connectivity index (χ0) is 11.9. The predicted molar refractivity (Wildman–Crippen MR) is 70.2 cm³/mol. The molecule has 2 nitrogen and oxygen atoms in total. The molecule has 89 valence electrons. The molecule has 17 heavy (non-hydrogen) atoms. The van der Waals surface area contributed by atoms with Gasteiger partial charge in [0.25, 0.3) is 0 Å². The van der Waals surface area contributed by atoms with Crippen molar-refractivity contribution in [2.45, 2.75) is 32.3 Å². The van der Waals surface area contributed by atoms with E-state index in [1.165, 1.54) is 12.8 Å². The van der Waals surface area contributed by atoms with Crippen molar-refractivity contribution < 1.29 is 4.84 Å². The van der Waals surface area contributed by atoms with Crippen molar-refractivity contribution in [3.05, 3.63) is 46.5 Å². The average Bonchev–Trinajstić information content (AvgIpc) is 2.38. The van der Waals surface area contributed by atoms with Crippen LogP contribution in [0.4, 0.5) is 0 Å². The second kappa shape index (κ2) is 6.45. The standard InChI is InChI=1S/C14H15ClNO/c15-14-8-6-13(7-9-14)11-17-16-10-12-4-2-1-3-5-12/h4,6-9H,1-3,5,11H2. The minimum atomic E-state index is 0.456. The van der Waals surface area contributed by atoms with Crippen LogP contribution in [0.3, 0.4) is 0 Å². The van der Waals surface area contributed by atoms with Gasteiger partial charge in [-0.2, -0.15) is 0 Å². The molecule has 0 amide bonds. The largest absolute Gasteiger partial charge is 0.390 e. The third kappa shape index (κ3) is 4.23. The van der Waals surface area contributed by atoms with E-state index in [4.69, 9.17) is 16.4 Å². The number of nitrogens with zero attached hydrogens (tertiary/aromatic N) is 1. The summed E-state index contributed by atoms with van der Waals surface area (Å²) in [5, 5.41) is 4.59. The van der Waals surface area contributed by atoms with E-state index in [2.05, 4.69) is 17.4 Å². The summed E-state index contributed by atoms with van der Waals surface area (Å²) < 4.78 is 0. The zero-order valence-corrected chi connectivity index (χ0v) is 10.4. The molecule has 0 aliphatic heterocycles. The molecule has 1 aromatic carbocycles. The smallest absolute Gasteiger partial charge is 0.142 e. The maximum absolute atomic E-state index is 5.79. The molecule has 0 aromatic heterocycles. The summed E-state index contributed by atoms with van der Waals surface area (Å²) in [4.78, 5) is 5.19. The fraction of sp³-hybridized carbons (Fsp3) is 0.357. The van der Waals surface area contributed by atoms with E-state index in [0.717, 1.165) is 29.0 Å². The summed E-state index contributed by atoms with van der Waals surface area (Å²) >= 11 is 5.79. The van der Waals surface area contributed by atoms with Gasteiger partial charge in [-0.25, -0.2) is 0 Å². The first-order chi connectivity index (χ1) is 8.34. The molecule has 1 aliphatic rings. The highest BCUT2D eigenvalue weighted by atomic mass is 35.5. The quantitative estimate of drug-likeness (QED) is 0.578. The van der Waals surface area contributed by atoms with Crippen molar-refractivity contribution in [2.24, 2.45) is 5.16 Å². The van der Waals surface area contributed by atoms with Crippen LogP contribution >= 0.6 is 11.6 Å². The van der Waals surface area contributed by atoms with Crippen LogP contribution in [-0.4, -0.2) is 6.21 Å². The van der Waals surface area contributed by atoms with Gasteiger partial charge in [0.05, 0.1) is 0 Å². The summed E-state index contributed by atoms with van der Waals surface area (Å²) in [7, 11) is 0. The van der Waals surface area contributed by atoms with Gasteiger partial charge < -0.3 is 4.84 Å². The number of allylic oxidation sites excluding steroid dienone is 2. The molecule has 2 rings (SSSR count). The van der Waals surface area contributed by atoms with Crippen molar-refractivity contribution in [1.29, 1.82) is 0 Å². The highest BCUT2D eigenvalue weighted by Gasteiger charge is 2.01. The third-order valence-corrected chi connectivity index (χ3v) is 2.94. The van der Waals surface area contributed by atoms with Crippen molar-refractivity contribution in [1.82, 2.24) is 0 Å². The van der Waals surface area contributed by atoms with E-state index in [1.54, 1.807) is 0 Å². The molecule has 1 aromatic rings. The van der Waals surface area contributed by atoms with Crippen molar-refractivity contribution in [3.63, 3.8) is 0 Å². The molecule has 0 saturated heterocycles. The summed E-state index contributed by atoms with van der Waals surface area (Å²) in [6.45, 7) is 0.456. The van der Waals surface area contributed by atoms with Crippen LogP contribution in [-0.2, 0) is 11.4 Å². The summed E-state index contributed by atoms with van der Waals surface area (Å²) in [5.74, 6) is 0. The second-order valence-corrected chi connectivity index (χ2v) is 4.51. The lowest BCUT2D eigenvalue weighted by molar-refractivity contribution is 0.132. The Bertz CT molecular complexity index is 409. The van der Waals surface area contributed by atoms with Crippen molar-refractivity contribution in [3.8, 4) is 0 Å². The Morgan fingerprint density at radius 2 is 2.06 bits per heavy atom. The molecule has 0 spiro atoms. The van der Waals surface area contributed by atoms with Gasteiger partial charge in [-0.05, 0) is 49.0 Å². The van der Waals surface area contributed by atoms with Gasteiger partial charge in [0.2, 0.25) is 0 Å². The fourth-order valence-electron chi connectivity index (χ4n) is 1.72. The molecular formula is C14H15ClNO. The Labute approximate surface area is 107 Å². The number of hydrogen-bond acceptors (Lipinski definition) is 2. The highest BCUT2D eigenvalue weighted by Crippen LogP contribution is 2.15. The van der Waals surface area contributed by atoms with Crippen LogP contribution < -0.4 is 0 Å². The Hall–Kier alpha value is -1.28. The molecule has 0 fully saturated rings. The highest BCUT2D eigenvalue weighted by molar-refractivity contribution is 6.30. The molecule has 0 heterocycles. The van der Waals surface area contributed by atoms with Crippen LogP contribution in [0.1, 0.15) is 31.2 Å². The first-order valence-corrected chi connectivity index (χ1v) is 6.24. The number of halogens is 1. The SMILES string of the molecule is Clc1ccc(CO/N=[C]\C2=CCCCC2)cc1. The molecule has 0 unspecified atom stereocenters. The van der Waals surface area contributed by atoms with Gasteiger partial charge in [0.15, 0.2) is 0 Å². The molecular weight excluding hydrogens is 234 g/mol. The molecule has 0 saturated carbocycles. The monoisotopic (exact) mass is 248 g/mol. The van der Waals surface area contributed by atoms with E-state index < -0.39 is 0 Å². The topological polar surface area (TPSA) is 21.6 Å². The first kappa shape index (κ1) is 12.2. The third-order valence-electron chi connectivity index (χ3n) is 2.69. The summed E-state index contributed by atoms with van der Waals surface area (Å²) in [6, 6.07) is 7.55. The first-order valence-electron chi connectivity index (χ1n) is 5.86. The van der Waals surface area contributed by atoms with Crippen molar-refractivity contribution >= 4 is 17.8 Å². The molecule has 0 atom stereocenters. The van der Waals surface area contributed by atoms with E-state index >= 15 is 0 Å². The van der Waals surface area contributed by atoms with E-state index in [9.17, 15) is 0 Å². The van der Waals surface area contributed by atoms with Gasteiger partial charge in [-0.15, -0.1) is 0 Å². The molecule has 0 bridgehead atoms. The average molecular weight is 249 g/mol. The normalized spacial score (nSPS) is 15.9. The van der Waals surface area contributed by atoms with Gasteiger partial charge >= 0.3 is 0 Å². The van der Waals surface area contributed by atoms with Crippen LogP contribution in [0.5, 0.6) is 0 Å². The van der Waals surface area contributed by atoms with Crippen molar-refractivity contribution in [2.75, 3.05) is 0 Å². The van der Waals surface area contributed by atoms with Gasteiger partial charge in [0, 0.05) is 5.02 Å². The van der Waals surface area contributed by atoms with Crippen LogP contribution in [0.2, 0.25) is 5.02 Å². The lowest BCUT2D eigenvalue weighted by Crippen LogP contribution is -1.94. The van der Waals surface area contributed by atoms with Gasteiger partial charge in [-0.1, -0.05) is 35.0 Å². The van der Waals surface area contributed by atoms with E-state index in [-0.39, 0.29) is 0 Å².